The number of allylic oxidation sites excluding steroid dienone is 2. The highest BCUT2D eigenvalue weighted by atomic mass is 15.2. The molecule has 1 heterocycles. The molecular weight excluding hydrogens is 196 g/mol. The van der Waals surface area contributed by atoms with Gasteiger partial charge in [0.2, 0.25) is 0 Å². The lowest BCUT2D eigenvalue weighted by molar-refractivity contribution is 0.913. The van der Waals surface area contributed by atoms with Crippen LogP contribution in [0.2, 0.25) is 0 Å². The van der Waals surface area contributed by atoms with Crippen molar-refractivity contribution in [1.82, 2.24) is 10.6 Å². The molecule has 2 N–H and O–H groups in total. The second-order valence-corrected chi connectivity index (χ2v) is 4.33. The van der Waals surface area contributed by atoms with Crippen LogP contribution in [-0.4, -0.2) is 13.1 Å². The van der Waals surface area contributed by atoms with E-state index in [-0.39, 0.29) is 0 Å². The largest absolute Gasteiger partial charge is 0.370 e. The van der Waals surface area contributed by atoms with E-state index in [1.165, 1.54) is 22.5 Å². The van der Waals surface area contributed by atoms with Crippen molar-refractivity contribution >= 4 is 6.08 Å². The highest BCUT2D eigenvalue weighted by Crippen LogP contribution is 2.24. The summed E-state index contributed by atoms with van der Waals surface area (Å²) in [6, 6.07) is 8.65. The van der Waals surface area contributed by atoms with Crippen LogP contribution in [0.1, 0.15) is 17.5 Å². The molecule has 1 aromatic rings. The number of nitrogens with one attached hydrogen (secondary N) is 2. The van der Waals surface area contributed by atoms with Crippen molar-refractivity contribution in [2.75, 3.05) is 13.1 Å². The van der Waals surface area contributed by atoms with Crippen LogP contribution in [0, 0.1) is 0 Å². The minimum Gasteiger partial charge on any atom is -0.370 e. The number of aryl methyl sites for hydroxylation is 1. The van der Waals surface area contributed by atoms with E-state index in [0.717, 1.165) is 25.9 Å². The van der Waals surface area contributed by atoms with Crippen LogP contribution in [0.5, 0.6) is 0 Å². The van der Waals surface area contributed by atoms with E-state index in [4.69, 9.17) is 0 Å². The third kappa shape index (κ3) is 1.83. The van der Waals surface area contributed by atoms with E-state index in [0.29, 0.717) is 0 Å². The second kappa shape index (κ2) is 4.05. The molecule has 0 saturated carbocycles. The zero-order valence-electron chi connectivity index (χ0n) is 9.29. The molecule has 0 spiro atoms. The quantitative estimate of drug-likeness (QED) is 0.744. The predicted molar refractivity (Wildman–Crippen MR) is 66.8 cm³/mol. The zero-order valence-corrected chi connectivity index (χ0v) is 9.29. The molecule has 0 bridgehead atoms. The van der Waals surface area contributed by atoms with Gasteiger partial charge in [0, 0.05) is 13.1 Å². The standard InChI is InChI=1S/C14H16N2/c1-2-4-13-9-11(5-6-12(13)3-1)10-14-15-7-8-16-14/h1-4,9-10,15-16H,5-8H2. The highest BCUT2D eigenvalue weighted by Gasteiger charge is 2.10. The number of hydrogen-bond donors (Lipinski definition) is 2. The van der Waals surface area contributed by atoms with Gasteiger partial charge in [0.05, 0.1) is 5.82 Å². The molecule has 16 heavy (non-hydrogen) atoms. The number of fused-ring (bicyclic) bond motifs is 1. The maximum Gasteiger partial charge on any atom is 0.0990 e. The molecule has 1 saturated heterocycles. The average Bonchev–Trinajstić information content (AvgIpc) is 2.82. The van der Waals surface area contributed by atoms with Gasteiger partial charge >= 0.3 is 0 Å². The molecule has 2 heteroatoms. The van der Waals surface area contributed by atoms with Gasteiger partial charge in [-0.15, -0.1) is 0 Å². The minimum absolute atomic E-state index is 1.04. The fourth-order valence-corrected chi connectivity index (χ4v) is 2.31. The van der Waals surface area contributed by atoms with Crippen molar-refractivity contribution in [3.05, 3.63) is 52.9 Å². The van der Waals surface area contributed by atoms with E-state index in [9.17, 15) is 0 Å². The lowest BCUT2D eigenvalue weighted by atomic mass is 9.92. The average molecular weight is 212 g/mol. The normalized spacial score (nSPS) is 18.2. The lowest BCUT2D eigenvalue weighted by Crippen LogP contribution is -2.10. The first-order valence-electron chi connectivity index (χ1n) is 5.90. The molecule has 2 aliphatic rings. The van der Waals surface area contributed by atoms with Crippen molar-refractivity contribution in [3.63, 3.8) is 0 Å². The third-order valence-corrected chi connectivity index (χ3v) is 3.16. The summed E-state index contributed by atoms with van der Waals surface area (Å²) in [5.74, 6) is 1.17. The predicted octanol–water partition coefficient (Wildman–Crippen LogP) is 2.05. The molecule has 82 valence electrons. The number of benzene rings is 1. The molecular formula is C14H16N2. The van der Waals surface area contributed by atoms with Gasteiger partial charge in [-0.2, -0.15) is 0 Å². The molecule has 0 radical (unpaired) electrons. The summed E-state index contributed by atoms with van der Waals surface area (Å²) in [4.78, 5) is 0. The molecule has 0 amide bonds. The SMILES string of the molecule is C1=C(C=C2NCCN2)CCc2ccccc21. The minimum atomic E-state index is 1.04. The van der Waals surface area contributed by atoms with E-state index >= 15 is 0 Å². The third-order valence-electron chi connectivity index (χ3n) is 3.16. The highest BCUT2D eigenvalue weighted by molar-refractivity contribution is 5.62. The molecule has 1 aliphatic carbocycles. The Balaban J connectivity index is 1.88. The van der Waals surface area contributed by atoms with Crippen LogP contribution < -0.4 is 10.6 Å². The zero-order chi connectivity index (χ0) is 10.8. The summed E-state index contributed by atoms with van der Waals surface area (Å²) in [7, 11) is 0. The number of rotatable bonds is 1. The first-order chi connectivity index (χ1) is 7.92. The summed E-state index contributed by atoms with van der Waals surface area (Å²) in [6.07, 6.45) is 6.84. The second-order valence-electron chi connectivity index (χ2n) is 4.33. The molecule has 0 atom stereocenters. The molecule has 2 nitrogen and oxygen atoms in total. The Labute approximate surface area is 96.1 Å². The Hall–Kier alpha value is -1.70. The molecule has 1 aromatic carbocycles. The molecule has 1 fully saturated rings. The summed E-state index contributed by atoms with van der Waals surface area (Å²) in [5, 5.41) is 6.67. The Morgan fingerprint density at radius 2 is 1.81 bits per heavy atom. The van der Waals surface area contributed by atoms with Crippen LogP contribution in [0.4, 0.5) is 0 Å². The summed E-state index contributed by atoms with van der Waals surface area (Å²) < 4.78 is 0. The van der Waals surface area contributed by atoms with Crippen molar-refractivity contribution in [3.8, 4) is 0 Å². The van der Waals surface area contributed by atoms with Gasteiger partial charge in [-0.1, -0.05) is 30.3 Å². The van der Waals surface area contributed by atoms with Gasteiger partial charge < -0.3 is 10.6 Å². The summed E-state index contributed by atoms with van der Waals surface area (Å²) >= 11 is 0. The van der Waals surface area contributed by atoms with Gasteiger partial charge in [0.15, 0.2) is 0 Å². The summed E-state index contributed by atoms with van der Waals surface area (Å²) in [6.45, 7) is 2.07. The Bertz CT molecular complexity index is 450. The van der Waals surface area contributed by atoms with E-state index in [1.807, 2.05) is 0 Å². The smallest absolute Gasteiger partial charge is 0.0990 e. The van der Waals surface area contributed by atoms with Gasteiger partial charge in [-0.25, -0.2) is 0 Å². The van der Waals surface area contributed by atoms with E-state index in [1.54, 1.807) is 0 Å². The maximum absolute atomic E-state index is 3.34. The Kier molecular flexibility index (Phi) is 2.41. The monoisotopic (exact) mass is 212 g/mol. The van der Waals surface area contributed by atoms with Gasteiger partial charge in [0.1, 0.15) is 0 Å². The number of hydrogen-bond acceptors (Lipinski definition) is 2. The fraction of sp³-hybridized carbons (Fsp3) is 0.286. The fourth-order valence-electron chi connectivity index (χ4n) is 2.31. The first kappa shape index (κ1) is 9.52. The van der Waals surface area contributed by atoms with Crippen LogP contribution in [0.25, 0.3) is 6.08 Å². The first-order valence-corrected chi connectivity index (χ1v) is 5.90. The van der Waals surface area contributed by atoms with Crippen LogP contribution >= 0.6 is 0 Å². The summed E-state index contributed by atoms with van der Waals surface area (Å²) in [5.41, 5.74) is 4.26. The van der Waals surface area contributed by atoms with Crippen LogP contribution in [0.3, 0.4) is 0 Å². The Morgan fingerprint density at radius 3 is 2.69 bits per heavy atom. The molecule has 1 aliphatic heterocycles. The lowest BCUT2D eigenvalue weighted by Gasteiger charge is -2.14. The van der Waals surface area contributed by atoms with Gasteiger partial charge in [0.25, 0.3) is 0 Å². The Morgan fingerprint density at radius 1 is 1.00 bits per heavy atom. The van der Waals surface area contributed by atoms with Crippen LogP contribution in [-0.2, 0) is 6.42 Å². The molecule has 3 rings (SSSR count). The van der Waals surface area contributed by atoms with Crippen molar-refractivity contribution in [2.24, 2.45) is 0 Å². The van der Waals surface area contributed by atoms with E-state index < -0.39 is 0 Å². The van der Waals surface area contributed by atoms with Gasteiger partial charge in [-0.3, -0.25) is 0 Å². The topological polar surface area (TPSA) is 24.1 Å². The van der Waals surface area contributed by atoms with E-state index in [2.05, 4.69) is 47.1 Å². The van der Waals surface area contributed by atoms with Crippen molar-refractivity contribution in [2.45, 2.75) is 12.8 Å². The maximum atomic E-state index is 3.34. The van der Waals surface area contributed by atoms with Crippen molar-refractivity contribution in [1.29, 1.82) is 0 Å². The molecule has 0 aromatic heterocycles. The van der Waals surface area contributed by atoms with Gasteiger partial charge in [-0.05, 0) is 35.6 Å². The molecule has 0 unspecified atom stereocenters. The van der Waals surface area contributed by atoms with Crippen molar-refractivity contribution < 1.29 is 0 Å². The van der Waals surface area contributed by atoms with Crippen LogP contribution in [0.15, 0.2) is 41.7 Å².